The third-order valence-corrected chi connectivity index (χ3v) is 3.46. The fourth-order valence-corrected chi connectivity index (χ4v) is 2.57. The minimum Gasteiger partial charge on any atom is -0.465 e. The zero-order chi connectivity index (χ0) is 13.9. The van der Waals surface area contributed by atoms with E-state index in [4.69, 9.17) is 0 Å². The van der Waals surface area contributed by atoms with Gasteiger partial charge in [0.1, 0.15) is 10.7 Å². The van der Waals surface area contributed by atoms with E-state index in [1.165, 1.54) is 19.1 Å². The standard InChI is InChI=1S/C10H13FN2O4S/c1-13(2)12-18(15,16)9-6-7(11)4-5-8(9)10(14)17-3/h4-6,12H,1-3H3. The van der Waals surface area contributed by atoms with Crippen molar-refractivity contribution in [3.05, 3.63) is 29.6 Å². The van der Waals surface area contributed by atoms with Crippen LogP contribution in [0.3, 0.4) is 0 Å². The van der Waals surface area contributed by atoms with Gasteiger partial charge in [0, 0.05) is 14.1 Å². The van der Waals surface area contributed by atoms with Gasteiger partial charge < -0.3 is 4.74 Å². The lowest BCUT2D eigenvalue weighted by atomic mass is 10.2. The van der Waals surface area contributed by atoms with Crippen LogP contribution in [0.2, 0.25) is 0 Å². The van der Waals surface area contributed by atoms with Crippen LogP contribution in [-0.4, -0.2) is 40.6 Å². The number of ether oxygens (including phenoxy) is 1. The number of hydrazine groups is 1. The van der Waals surface area contributed by atoms with Gasteiger partial charge in [0.25, 0.3) is 10.0 Å². The molecular weight excluding hydrogens is 263 g/mol. The lowest BCUT2D eigenvalue weighted by molar-refractivity contribution is 0.0596. The highest BCUT2D eigenvalue weighted by Crippen LogP contribution is 2.18. The fourth-order valence-electron chi connectivity index (χ4n) is 1.29. The van der Waals surface area contributed by atoms with Crippen LogP contribution in [0.25, 0.3) is 0 Å². The van der Waals surface area contributed by atoms with Crippen molar-refractivity contribution in [2.24, 2.45) is 0 Å². The molecule has 0 amide bonds. The van der Waals surface area contributed by atoms with E-state index in [9.17, 15) is 17.6 Å². The number of halogens is 1. The van der Waals surface area contributed by atoms with Gasteiger partial charge in [0.15, 0.2) is 0 Å². The molecule has 0 saturated carbocycles. The highest BCUT2D eigenvalue weighted by Gasteiger charge is 2.24. The van der Waals surface area contributed by atoms with Crippen molar-refractivity contribution in [2.75, 3.05) is 21.2 Å². The Balaban J connectivity index is 3.38. The average Bonchev–Trinajstić information content (AvgIpc) is 2.26. The average molecular weight is 276 g/mol. The van der Waals surface area contributed by atoms with E-state index in [0.29, 0.717) is 0 Å². The third kappa shape index (κ3) is 3.25. The van der Waals surface area contributed by atoms with Crippen LogP contribution in [0.4, 0.5) is 4.39 Å². The van der Waals surface area contributed by atoms with Crippen molar-refractivity contribution >= 4 is 16.0 Å². The SMILES string of the molecule is COC(=O)c1ccc(F)cc1S(=O)(=O)NN(C)C. The van der Waals surface area contributed by atoms with E-state index in [1.807, 2.05) is 0 Å². The first-order valence-corrected chi connectivity index (χ1v) is 6.34. The zero-order valence-electron chi connectivity index (χ0n) is 10.1. The molecule has 0 fully saturated rings. The molecule has 0 aliphatic rings. The molecule has 6 nitrogen and oxygen atoms in total. The van der Waals surface area contributed by atoms with Crippen LogP contribution in [0.1, 0.15) is 10.4 Å². The van der Waals surface area contributed by atoms with Crippen LogP contribution in [0, 0.1) is 5.82 Å². The summed E-state index contributed by atoms with van der Waals surface area (Å²) in [4.78, 5) is 13.1. The largest absolute Gasteiger partial charge is 0.465 e. The molecule has 0 aliphatic carbocycles. The molecule has 0 heterocycles. The maximum Gasteiger partial charge on any atom is 0.339 e. The fraction of sp³-hybridized carbons (Fsp3) is 0.300. The third-order valence-electron chi connectivity index (χ3n) is 1.94. The Morgan fingerprint density at radius 1 is 1.39 bits per heavy atom. The second-order valence-electron chi connectivity index (χ2n) is 3.62. The number of esters is 1. The first-order valence-electron chi connectivity index (χ1n) is 4.85. The summed E-state index contributed by atoms with van der Waals surface area (Å²) in [6.45, 7) is 0. The Hall–Kier alpha value is -1.51. The molecule has 8 heteroatoms. The minimum atomic E-state index is -4.03. The Morgan fingerprint density at radius 3 is 2.50 bits per heavy atom. The Morgan fingerprint density at radius 2 is 2.00 bits per heavy atom. The predicted octanol–water partition coefficient (Wildman–Crippen LogP) is 0.367. The number of carbonyl (C=O) groups is 1. The molecule has 0 saturated heterocycles. The van der Waals surface area contributed by atoms with Crippen LogP contribution < -0.4 is 4.83 Å². The molecule has 0 spiro atoms. The molecule has 18 heavy (non-hydrogen) atoms. The highest BCUT2D eigenvalue weighted by molar-refractivity contribution is 7.89. The summed E-state index contributed by atoms with van der Waals surface area (Å²) in [5, 5.41) is 1.17. The molecular formula is C10H13FN2O4S. The second kappa shape index (κ2) is 5.42. The van der Waals surface area contributed by atoms with Gasteiger partial charge in [-0.25, -0.2) is 22.6 Å². The number of sulfonamides is 1. The van der Waals surface area contributed by atoms with Crippen molar-refractivity contribution in [3.63, 3.8) is 0 Å². The van der Waals surface area contributed by atoms with Gasteiger partial charge in [0.2, 0.25) is 0 Å². The van der Waals surface area contributed by atoms with E-state index in [1.54, 1.807) is 0 Å². The predicted molar refractivity (Wildman–Crippen MR) is 61.7 cm³/mol. The molecule has 0 radical (unpaired) electrons. The van der Waals surface area contributed by atoms with E-state index >= 15 is 0 Å². The summed E-state index contributed by atoms with van der Waals surface area (Å²) >= 11 is 0. The zero-order valence-corrected chi connectivity index (χ0v) is 10.9. The first kappa shape index (κ1) is 14.6. The van der Waals surface area contributed by atoms with Gasteiger partial charge in [-0.15, -0.1) is 4.83 Å². The lowest BCUT2D eigenvalue weighted by Crippen LogP contribution is -2.36. The molecule has 0 bridgehead atoms. The summed E-state index contributed by atoms with van der Waals surface area (Å²) in [7, 11) is -0.0141. The number of rotatable bonds is 4. The molecule has 0 atom stereocenters. The Bertz CT molecular complexity index is 557. The number of methoxy groups -OCH3 is 1. The number of benzene rings is 1. The van der Waals surface area contributed by atoms with Gasteiger partial charge in [-0.1, -0.05) is 0 Å². The normalized spacial score (nSPS) is 11.6. The molecule has 0 unspecified atom stereocenters. The topological polar surface area (TPSA) is 75.7 Å². The number of nitrogens with one attached hydrogen (secondary N) is 1. The van der Waals surface area contributed by atoms with E-state index in [-0.39, 0.29) is 5.56 Å². The molecule has 100 valence electrons. The van der Waals surface area contributed by atoms with Gasteiger partial charge in [0.05, 0.1) is 12.7 Å². The smallest absolute Gasteiger partial charge is 0.339 e. The summed E-state index contributed by atoms with van der Waals surface area (Å²) < 4.78 is 41.4. The van der Waals surface area contributed by atoms with Gasteiger partial charge in [-0.2, -0.15) is 0 Å². The molecule has 1 aromatic rings. The number of carbonyl (C=O) groups excluding carboxylic acids is 1. The summed E-state index contributed by atoms with van der Waals surface area (Å²) in [6.07, 6.45) is 0. The minimum absolute atomic E-state index is 0.228. The van der Waals surface area contributed by atoms with Crippen LogP contribution >= 0.6 is 0 Å². The summed E-state index contributed by atoms with van der Waals surface area (Å²) in [5.41, 5.74) is -0.228. The molecule has 1 aromatic carbocycles. The lowest BCUT2D eigenvalue weighted by Gasteiger charge is -2.14. The highest BCUT2D eigenvalue weighted by atomic mass is 32.2. The molecule has 1 rings (SSSR count). The van der Waals surface area contributed by atoms with E-state index < -0.39 is 26.7 Å². The quantitative estimate of drug-likeness (QED) is 0.635. The van der Waals surface area contributed by atoms with Crippen molar-refractivity contribution in [1.82, 2.24) is 9.84 Å². The van der Waals surface area contributed by atoms with Crippen molar-refractivity contribution in [1.29, 1.82) is 0 Å². The summed E-state index contributed by atoms with van der Waals surface area (Å²) in [5.74, 6) is -1.61. The van der Waals surface area contributed by atoms with Crippen LogP contribution in [-0.2, 0) is 14.8 Å². The van der Waals surface area contributed by atoms with Gasteiger partial charge in [-0.3, -0.25) is 0 Å². The molecule has 0 aliphatic heterocycles. The monoisotopic (exact) mass is 276 g/mol. The van der Waals surface area contributed by atoms with E-state index in [0.717, 1.165) is 25.3 Å². The van der Waals surface area contributed by atoms with Crippen molar-refractivity contribution in [3.8, 4) is 0 Å². The Kier molecular flexibility index (Phi) is 4.38. The van der Waals surface area contributed by atoms with Crippen LogP contribution in [0.5, 0.6) is 0 Å². The Labute approximate surface area is 104 Å². The van der Waals surface area contributed by atoms with Gasteiger partial charge in [-0.05, 0) is 18.2 Å². The maximum atomic E-state index is 13.1. The van der Waals surface area contributed by atoms with E-state index in [2.05, 4.69) is 9.57 Å². The summed E-state index contributed by atoms with van der Waals surface area (Å²) in [6, 6.07) is 2.81. The number of nitrogens with zero attached hydrogens (tertiary/aromatic N) is 1. The second-order valence-corrected chi connectivity index (χ2v) is 5.25. The van der Waals surface area contributed by atoms with Crippen molar-refractivity contribution in [2.45, 2.75) is 4.90 Å². The van der Waals surface area contributed by atoms with Gasteiger partial charge >= 0.3 is 5.97 Å². The van der Waals surface area contributed by atoms with Crippen LogP contribution in [0.15, 0.2) is 23.1 Å². The molecule has 1 N–H and O–H groups in total. The molecule has 0 aromatic heterocycles. The number of hydrogen-bond donors (Lipinski definition) is 1. The van der Waals surface area contributed by atoms with Crippen molar-refractivity contribution < 1.29 is 22.3 Å². The first-order chi connectivity index (χ1) is 8.27. The maximum absolute atomic E-state index is 13.1. The number of hydrogen-bond acceptors (Lipinski definition) is 5.